The molecule has 1 saturated heterocycles. The fourth-order valence-corrected chi connectivity index (χ4v) is 2.87. The lowest BCUT2D eigenvalue weighted by Gasteiger charge is -2.33. The first-order valence-corrected chi connectivity index (χ1v) is 8.28. The summed E-state index contributed by atoms with van der Waals surface area (Å²) in [5.41, 5.74) is 0.00404. The molecule has 1 aromatic rings. The predicted octanol–water partition coefficient (Wildman–Crippen LogP) is 3.10. The van der Waals surface area contributed by atoms with Crippen molar-refractivity contribution in [3.05, 3.63) is 34.6 Å². The summed E-state index contributed by atoms with van der Waals surface area (Å²) in [6.45, 7) is 5.34. The number of hydrogen-bond acceptors (Lipinski definition) is 2. The minimum Gasteiger partial charge on any atom is -0.356 e. The summed E-state index contributed by atoms with van der Waals surface area (Å²) in [5.74, 6) is -0.761. The molecule has 4 nitrogen and oxygen atoms in total. The molecule has 2 rings (SSSR count). The molecule has 0 aliphatic carbocycles. The first-order valence-electron chi connectivity index (χ1n) is 7.90. The van der Waals surface area contributed by atoms with Gasteiger partial charge >= 0.3 is 0 Å². The lowest BCUT2D eigenvalue weighted by Crippen LogP contribution is -2.44. The zero-order valence-corrected chi connectivity index (χ0v) is 14.2. The number of amides is 2. The summed E-state index contributed by atoms with van der Waals surface area (Å²) < 4.78 is 13.9. The van der Waals surface area contributed by atoms with Crippen LogP contribution in [-0.2, 0) is 4.79 Å². The number of likely N-dealkylation sites (tertiary alicyclic amines) is 1. The number of hydrogen-bond donors (Lipinski definition) is 1. The smallest absolute Gasteiger partial charge is 0.256 e. The summed E-state index contributed by atoms with van der Waals surface area (Å²) in [6.07, 6.45) is 1.79. The van der Waals surface area contributed by atoms with Crippen molar-refractivity contribution in [1.82, 2.24) is 10.2 Å². The zero-order chi connectivity index (χ0) is 17.0. The van der Waals surface area contributed by atoms with Crippen molar-refractivity contribution in [2.24, 2.45) is 11.8 Å². The minimum absolute atomic E-state index is 0.00404. The van der Waals surface area contributed by atoms with E-state index in [4.69, 9.17) is 11.6 Å². The highest BCUT2D eigenvalue weighted by Gasteiger charge is 2.26. The van der Waals surface area contributed by atoms with Crippen LogP contribution in [0.5, 0.6) is 0 Å². The molecule has 1 N–H and O–H groups in total. The van der Waals surface area contributed by atoms with Crippen molar-refractivity contribution in [2.75, 3.05) is 19.6 Å². The van der Waals surface area contributed by atoms with E-state index >= 15 is 0 Å². The number of nitrogens with zero attached hydrogens (tertiary/aromatic N) is 1. The molecule has 1 aromatic carbocycles. The highest BCUT2D eigenvalue weighted by Crippen LogP contribution is 2.21. The van der Waals surface area contributed by atoms with Gasteiger partial charge in [-0.1, -0.05) is 25.4 Å². The van der Waals surface area contributed by atoms with Gasteiger partial charge in [0.25, 0.3) is 5.91 Å². The van der Waals surface area contributed by atoms with Crippen LogP contribution in [0.1, 0.15) is 37.0 Å². The fraction of sp³-hybridized carbons (Fsp3) is 0.529. The van der Waals surface area contributed by atoms with Gasteiger partial charge in [0, 0.05) is 30.6 Å². The Morgan fingerprint density at radius 2 is 2.17 bits per heavy atom. The first-order chi connectivity index (χ1) is 10.9. The van der Waals surface area contributed by atoms with Crippen molar-refractivity contribution in [3.8, 4) is 0 Å². The average molecular weight is 341 g/mol. The maximum absolute atomic E-state index is 13.9. The van der Waals surface area contributed by atoms with Crippen molar-refractivity contribution in [2.45, 2.75) is 26.7 Å². The standard InChI is InChI=1S/C17H22ClFN2O2/c1-11(2)16(22)20-9-12-4-3-7-21(10-12)17(23)14-8-13(18)5-6-15(14)19/h5-6,8,11-12H,3-4,7,9-10H2,1-2H3,(H,20,22)/t12-/m1/s1. The number of halogens is 2. The molecule has 1 heterocycles. The second-order valence-electron chi connectivity index (χ2n) is 6.28. The fourth-order valence-electron chi connectivity index (χ4n) is 2.70. The van der Waals surface area contributed by atoms with Crippen LogP contribution < -0.4 is 5.32 Å². The second-order valence-corrected chi connectivity index (χ2v) is 6.72. The van der Waals surface area contributed by atoms with E-state index in [1.807, 2.05) is 13.8 Å². The molecule has 0 saturated carbocycles. The summed E-state index contributed by atoms with van der Waals surface area (Å²) in [6, 6.07) is 4.00. The molecule has 126 valence electrons. The molecular weight excluding hydrogens is 319 g/mol. The molecule has 1 fully saturated rings. The highest BCUT2D eigenvalue weighted by molar-refractivity contribution is 6.31. The third-order valence-corrected chi connectivity index (χ3v) is 4.29. The van der Waals surface area contributed by atoms with Gasteiger partial charge in [0.15, 0.2) is 0 Å². The Morgan fingerprint density at radius 1 is 1.43 bits per heavy atom. The van der Waals surface area contributed by atoms with Crippen LogP contribution in [-0.4, -0.2) is 36.3 Å². The molecule has 2 amide bonds. The molecule has 23 heavy (non-hydrogen) atoms. The van der Waals surface area contributed by atoms with Gasteiger partial charge in [-0.3, -0.25) is 9.59 Å². The van der Waals surface area contributed by atoms with Gasteiger partial charge < -0.3 is 10.2 Å². The van der Waals surface area contributed by atoms with Crippen molar-refractivity contribution in [1.29, 1.82) is 0 Å². The number of carbonyl (C=O) groups is 2. The van der Waals surface area contributed by atoms with Crippen LogP contribution in [0.2, 0.25) is 5.02 Å². The minimum atomic E-state index is -0.561. The van der Waals surface area contributed by atoms with Gasteiger partial charge in [0.05, 0.1) is 5.56 Å². The van der Waals surface area contributed by atoms with Gasteiger partial charge in [0.1, 0.15) is 5.82 Å². The number of rotatable bonds is 4. The van der Waals surface area contributed by atoms with Crippen LogP contribution in [0, 0.1) is 17.7 Å². The van der Waals surface area contributed by atoms with Crippen molar-refractivity contribution < 1.29 is 14.0 Å². The molecule has 6 heteroatoms. The quantitative estimate of drug-likeness (QED) is 0.915. The number of benzene rings is 1. The number of carbonyl (C=O) groups excluding carboxylic acids is 2. The Morgan fingerprint density at radius 3 is 2.87 bits per heavy atom. The van der Waals surface area contributed by atoms with E-state index in [0.717, 1.165) is 12.8 Å². The van der Waals surface area contributed by atoms with Gasteiger partial charge in [-0.05, 0) is 37.0 Å². The van der Waals surface area contributed by atoms with Gasteiger partial charge in [0.2, 0.25) is 5.91 Å². The summed E-state index contributed by atoms with van der Waals surface area (Å²) in [7, 11) is 0. The second kappa shape index (κ2) is 7.77. The van der Waals surface area contributed by atoms with Crippen LogP contribution in [0.3, 0.4) is 0 Å². The zero-order valence-electron chi connectivity index (χ0n) is 13.4. The monoisotopic (exact) mass is 340 g/mol. The molecule has 1 atom stereocenters. The molecule has 0 radical (unpaired) electrons. The summed E-state index contributed by atoms with van der Waals surface area (Å²) >= 11 is 5.86. The lowest BCUT2D eigenvalue weighted by atomic mass is 9.97. The van der Waals surface area contributed by atoms with Gasteiger partial charge in [-0.15, -0.1) is 0 Å². The maximum Gasteiger partial charge on any atom is 0.256 e. The van der Waals surface area contributed by atoms with Crippen LogP contribution in [0.15, 0.2) is 18.2 Å². The van der Waals surface area contributed by atoms with E-state index in [2.05, 4.69) is 5.32 Å². The Hall–Kier alpha value is -1.62. The van der Waals surface area contributed by atoms with E-state index in [-0.39, 0.29) is 29.2 Å². The van der Waals surface area contributed by atoms with E-state index in [1.54, 1.807) is 4.90 Å². The Bertz CT molecular complexity index is 592. The van der Waals surface area contributed by atoms with E-state index in [9.17, 15) is 14.0 Å². The summed E-state index contributed by atoms with van der Waals surface area (Å²) in [4.78, 5) is 25.8. The van der Waals surface area contributed by atoms with Crippen LogP contribution >= 0.6 is 11.6 Å². The Labute approximate surface area is 141 Å². The molecule has 1 aliphatic heterocycles. The molecular formula is C17H22ClFN2O2. The maximum atomic E-state index is 13.9. The predicted molar refractivity (Wildman–Crippen MR) is 87.9 cm³/mol. The molecule has 0 aromatic heterocycles. The Balaban J connectivity index is 1.99. The SMILES string of the molecule is CC(C)C(=O)NC[C@H]1CCCN(C(=O)c2cc(Cl)ccc2F)C1. The van der Waals surface area contributed by atoms with Gasteiger partial charge in [-0.25, -0.2) is 4.39 Å². The third kappa shape index (κ3) is 4.67. The van der Waals surface area contributed by atoms with Crippen LogP contribution in [0.25, 0.3) is 0 Å². The van der Waals surface area contributed by atoms with Crippen molar-refractivity contribution in [3.63, 3.8) is 0 Å². The number of nitrogens with one attached hydrogen (secondary N) is 1. The molecule has 0 unspecified atom stereocenters. The van der Waals surface area contributed by atoms with Crippen molar-refractivity contribution >= 4 is 23.4 Å². The first kappa shape index (κ1) is 17.7. The molecule has 0 spiro atoms. The highest BCUT2D eigenvalue weighted by atomic mass is 35.5. The summed E-state index contributed by atoms with van der Waals surface area (Å²) in [5, 5.41) is 3.24. The molecule has 0 bridgehead atoms. The Kier molecular flexibility index (Phi) is 5.99. The average Bonchev–Trinajstić information content (AvgIpc) is 2.54. The van der Waals surface area contributed by atoms with E-state index in [1.165, 1.54) is 18.2 Å². The third-order valence-electron chi connectivity index (χ3n) is 4.05. The normalized spacial score (nSPS) is 18.1. The van der Waals surface area contributed by atoms with E-state index in [0.29, 0.717) is 24.7 Å². The number of piperidine rings is 1. The largest absolute Gasteiger partial charge is 0.356 e. The van der Waals surface area contributed by atoms with Gasteiger partial charge in [-0.2, -0.15) is 0 Å². The molecule has 1 aliphatic rings. The topological polar surface area (TPSA) is 49.4 Å². The van der Waals surface area contributed by atoms with Crippen LogP contribution in [0.4, 0.5) is 4.39 Å². The lowest BCUT2D eigenvalue weighted by molar-refractivity contribution is -0.124. The van der Waals surface area contributed by atoms with E-state index < -0.39 is 5.82 Å².